The monoisotopic (exact) mass is 373 g/mol. The number of hydrogen-bond donors (Lipinski definition) is 3. The molecule has 0 spiro atoms. The molecule has 8 heteroatoms. The zero-order chi connectivity index (χ0) is 19.1. The van der Waals surface area contributed by atoms with E-state index in [0.717, 1.165) is 37.7 Å². The van der Waals surface area contributed by atoms with E-state index >= 15 is 0 Å². The van der Waals surface area contributed by atoms with Crippen LogP contribution < -0.4 is 10.1 Å². The second-order valence-electron chi connectivity index (χ2n) is 7.53. The number of ether oxygens (including phenoxy) is 2. The molecule has 3 N–H and O–H groups in total. The van der Waals surface area contributed by atoms with Crippen LogP contribution in [0.25, 0.3) is 11.0 Å². The largest absolute Gasteiger partial charge is 0.506 e. The molecule has 4 heterocycles. The number of nitrogens with zero attached hydrogens (tertiary/aromatic N) is 2. The van der Waals surface area contributed by atoms with Gasteiger partial charge in [-0.3, -0.25) is 4.98 Å². The number of aryl methyl sites for hydroxylation is 1. The predicted molar refractivity (Wildman–Crippen MR) is 97.1 cm³/mol. The minimum atomic E-state index is -0.999. The zero-order valence-electron chi connectivity index (χ0n) is 15.2. The van der Waals surface area contributed by atoms with Gasteiger partial charge in [-0.05, 0) is 44.6 Å². The molecule has 144 valence electrons. The molecule has 3 fully saturated rings. The minimum Gasteiger partial charge on any atom is -0.506 e. The third-order valence-electron chi connectivity index (χ3n) is 5.95. The van der Waals surface area contributed by atoms with Gasteiger partial charge in [-0.1, -0.05) is 0 Å². The normalized spacial score (nSPS) is 26.9. The highest BCUT2D eigenvalue weighted by Gasteiger charge is 2.50. The summed E-state index contributed by atoms with van der Waals surface area (Å²) >= 11 is 0. The van der Waals surface area contributed by atoms with Crippen LogP contribution in [0.5, 0.6) is 11.6 Å². The zero-order valence-corrected chi connectivity index (χ0v) is 15.2. The number of carbonyl (C=O) groups is 1. The van der Waals surface area contributed by atoms with E-state index in [-0.39, 0.29) is 11.4 Å². The molecule has 1 amide bonds. The molecule has 27 heavy (non-hydrogen) atoms. The van der Waals surface area contributed by atoms with Gasteiger partial charge < -0.3 is 25.0 Å². The Balaban J connectivity index is 1.53. The van der Waals surface area contributed by atoms with Crippen LogP contribution in [0.4, 0.5) is 4.79 Å². The highest BCUT2D eigenvalue weighted by molar-refractivity contribution is 5.80. The van der Waals surface area contributed by atoms with Gasteiger partial charge in [0.05, 0.1) is 42.1 Å². The minimum absolute atomic E-state index is 0.119. The first kappa shape index (κ1) is 17.8. The van der Waals surface area contributed by atoms with Crippen LogP contribution in [0.3, 0.4) is 0 Å². The highest BCUT2D eigenvalue weighted by atomic mass is 16.5. The molecule has 1 aliphatic carbocycles. The summed E-state index contributed by atoms with van der Waals surface area (Å²) in [7, 11) is 1.55. The van der Waals surface area contributed by atoms with Crippen LogP contribution in [-0.4, -0.2) is 51.1 Å². The van der Waals surface area contributed by atoms with Crippen molar-refractivity contribution >= 4 is 17.1 Å². The molecular weight excluding hydrogens is 350 g/mol. The highest BCUT2D eigenvalue weighted by Crippen LogP contribution is 2.46. The second kappa shape index (κ2) is 6.53. The molecule has 2 aliphatic heterocycles. The lowest BCUT2D eigenvalue weighted by Crippen LogP contribution is -2.62. The third-order valence-corrected chi connectivity index (χ3v) is 5.95. The van der Waals surface area contributed by atoms with Gasteiger partial charge >= 0.3 is 6.09 Å². The number of methoxy groups -OCH3 is 1. The Morgan fingerprint density at radius 3 is 2.74 bits per heavy atom. The number of fused-ring (bicyclic) bond motifs is 4. The van der Waals surface area contributed by atoms with E-state index in [1.54, 1.807) is 13.2 Å². The van der Waals surface area contributed by atoms with Crippen LogP contribution in [-0.2, 0) is 11.2 Å². The summed E-state index contributed by atoms with van der Waals surface area (Å²) in [5.41, 5.74) is 1.36. The van der Waals surface area contributed by atoms with Crippen LogP contribution in [0.2, 0.25) is 0 Å². The topological polar surface area (TPSA) is 114 Å². The number of hydrogen-bond acceptors (Lipinski definition) is 6. The van der Waals surface area contributed by atoms with Gasteiger partial charge in [-0.2, -0.15) is 0 Å². The van der Waals surface area contributed by atoms with E-state index in [0.29, 0.717) is 29.9 Å². The fraction of sp³-hybridized carbons (Fsp3) is 0.526. The molecule has 1 saturated carbocycles. The summed E-state index contributed by atoms with van der Waals surface area (Å²) in [6, 6.07) is 3.57. The predicted octanol–water partition coefficient (Wildman–Crippen LogP) is 2.63. The quantitative estimate of drug-likeness (QED) is 0.738. The first-order chi connectivity index (χ1) is 12.9. The van der Waals surface area contributed by atoms with Crippen molar-refractivity contribution < 1.29 is 24.5 Å². The van der Waals surface area contributed by atoms with E-state index in [1.807, 2.05) is 6.07 Å². The molecule has 0 radical (unpaired) electrons. The Kier molecular flexibility index (Phi) is 4.30. The second-order valence-corrected chi connectivity index (χ2v) is 7.53. The first-order valence-electron chi connectivity index (χ1n) is 9.11. The Morgan fingerprint density at radius 2 is 2.11 bits per heavy atom. The summed E-state index contributed by atoms with van der Waals surface area (Å²) in [5.74, 6) is 0.596. The van der Waals surface area contributed by atoms with E-state index in [4.69, 9.17) is 14.6 Å². The van der Waals surface area contributed by atoms with Crippen molar-refractivity contribution in [1.82, 2.24) is 15.3 Å². The molecule has 0 aromatic carbocycles. The Labute approximate surface area is 156 Å². The number of aromatic hydroxyl groups is 1. The van der Waals surface area contributed by atoms with Gasteiger partial charge in [0, 0.05) is 11.6 Å². The van der Waals surface area contributed by atoms with Crippen molar-refractivity contribution in [3.63, 3.8) is 0 Å². The molecule has 5 rings (SSSR count). The molecule has 0 unspecified atom stereocenters. The van der Waals surface area contributed by atoms with Gasteiger partial charge in [-0.25, -0.2) is 9.78 Å². The molecule has 2 bridgehead atoms. The van der Waals surface area contributed by atoms with Gasteiger partial charge in [0.2, 0.25) is 5.88 Å². The average Bonchev–Trinajstić information content (AvgIpc) is 2.67. The standard InChI is InChI=1S/C19H23N3O5/c1-26-15-3-2-13-16(21-15)12(14(23)10-20-13)4-5-19-8-6-18(7-9-19,11-27-19)22-17(24)25/h2-3,10,22-23H,4-9,11H2,1H3,(H,24,25). The number of carboxylic acid groups (broad SMARTS) is 1. The maximum absolute atomic E-state index is 11.0. The van der Waals surface area contributed by atoms with Gasteiger partial charge in [0.25, 0.3) is 0 Å². The van der Waals surface area contributed by atoms with E-state index < -0.39 is 11.6 Å². The van der Waals surface area contributed by atoms with Crippen LogP contribution in [0, 0.1) is 0 Å². The molecule has 3 aliphatic rings. The average molecular weight is 373 g/mol. The Morgan fingerprint density at radius 1 is 1.33 bits per heavy atom. The van der Waals surface area contributed by atoms with Crippen LogP contribution in [0.1, 0.15) is 37.7 Å². The van der Waals surface area contributed by atoms with Crippen LogP contribution >= 0.6 is 0 Å². The maximum atomic E-state index is 11.0. The van der Waals surface area contributed by atoms with Crippen molar-refractivity contribution in [2.75, 3.05) is 13.7 Å². The van der Waals surface area contributed by atoms with Crippen molar-refractivity contribution in [2.45, 2.75) is 49.7 Å². The number of aromatic nitrogens is 2. The lowest BCUT2D eigenvalue weighted by atomic mass is 9.69. The van der Waals surface area contributed by atoms with E-state index in [2.05, 4.69) is 15.3 Å². The lowest BCUT2D eigenvalue weighted by molar-refractivity contribution is -0.162. The number of pyridine rings is 2. The lowest BCUT2D eigenvalue weighted by Gasteiger charge is -2.53. The van der Waals surface area contributed by atoms with Crippen molar-refractivity contribution in [3.8, 4) is 11.6 Å². The Bertz CT molecular complexity index is 860. The maximum Gasteiger partial charge on any atom is 0.405 e. The van der Waals surface area contributed by atoms with E-state index in [1.165, 1.54) is 6.20 Å². The van der Waals surface area contributed by atoms with Gasteiger partial charge in [0.15, 0.2) is 0 Å². The molecule has 8 nitrogen and oxygen atoms in total. The van der Waals surface area contributed by atoms with Crippen molar-refractivity contribution in [1.29, 1.82) is 0 Å². The molecular formula is C19H23N3O5. The molecule has 0 atom stereocenters. The summed E-state index contributed by atoms with van der Waals surface area (Å²) < 4.78 is 11.3. The number of rotatable bonds is 5. The summed E-state index contributed by atoms with van der Waals surface area (Å²) in [4.78, 5) is 19.7. The third kappa shape index (κ3) is 3.25. The molecule has 2 aromatic heterocycles. The van der Waals surface area contributed by atoms with Gasteiger partial charge in [0.1, 0.15) is 5.75 Å². The number of nitrogens with one attached hydrogen (secondary N) is 1. The molecule has 2 aromatic rings. The number of amides is 1. The fourth-order valence-corrected chi connectivity index (χ4v) is 4.28. The smallest absolute Gasteiger partial charge is 0.405 e. The summed E-state index contributed by atoms with van der Waals surface area (Å²) in [6.07, 6.45) is 4.94. The van der Waals surface area contributed by atoms with E-state index in [9.17, 15) is 9.90 Å². The molecule has 2 saturated heterocycles. The van der Waals surface area contributed by atoms with Crippen molar-refractivity contribution in [2.24, 2.45) is 0 Å². The Hall–Kier alpha value is -2.61. The van der Waals surface area contributed by atoms with Crippen molar-refractivity contribution in [3.05, 3.63) is 23.9 Å². The van der Waals surface area contributed by atoms with Gasteiger partial charge in [-0.15, -0.1) is 0 Å². The fourth-order valence-electron chi connectivity index (χ4n) is 4.28. The summed E-state index contributed by atoms with van der Waals surface area (Å²) in [6.45, 7) is 0.397. The van der Waals surface area contributed by atoms with Crippen LogP contribution in [0.15, 0.2) is 18.3 Å². The SMILES string of the molecule is COc1ccc2ncc(O)c(CCC34CCC(NC(=O)O)(CC3)CO4)c2n1. The summed E-state index contributed by atoms with van der Waals surface area (Å²) in [5, 5.41) is 22.0. The first-order valence-corrected chi connectivity index (χ1v) is 9.11.